The average Bonchev–Trinajstić information content (AvgIpc) is 2.87. The van der Waals surface area contributed by atoms with Gasteiger partial charge in [0.05, 0.1) is 4.92 Å². The molecule has 1 atom stereocenters. The Morgan fingerprint density at radius 2 is 1.59 bits per heavy atom. The van der Waals surface area contributed by atoms with Crippen molar-refractivity contribution >= 4 is 23.2 Å². The van der Waals surface area contributed by atoms with Gasteiger partial charge in [0.2, 0.25) is 11.8 Å². The second-order valence-electron chi connectivity index (χ2n) is 10.7. The van der Waals surface area contributed by atoms with Crippen molar-refractivity contribution in [1.29, 1.82) is 0 Å². The minimum Gasteiger partial charge on any atom is -0.326 e. The molecule has 200 valence electrons. The highest BCUT2D eigenvalue weighted by molar-refractivity contribution is 5.99. The van der Waals surface area contributed by atoms with E-state index in [1.54, 1.807) is 17.0 Å². The van der Waals surface area contributed by atoms with Gasteiger partial charge in [-0.05, 0) is 40.5 Å². The number of carbonyl (C=O) groups is 2. The number of carbonyl (C=O) groups excluding carboxylic acids is 2. The van der Waals surface area contributed by atoms with Gasteiger partial charge in [0, 0.05) is 37.2 Å². The zero-order chi connectivity index (χ0) is 27.1. The standard InChI is InChI=1S/C30H41N3O4/c1-6-7-8-9-10-15-28(34)32-19-23-14-12-11-13-22(23)16-27(32)30(35)31-29-25(20(2)3)17-24(33(36)37)18-26(29)21(4)5/h11-14,17-18,20-21,27H,6-10,15-16,19H2,1-5H3,(H,31,35)/t27-/m0/s1. The van der Waals surface area contributed by atoms with Crippen molar-refractivity contribution in [2.75, 3.05) is 5.32 Å². The van der Waals surface area contributed by atoms with Gasteiger partial charge in [0.1, 0.15) is 6.04 Å². The van der Waals surface area contributed by atoms with Crippen molar-refractivity contribution in [3.8, 4) is 0 Å². The van der Waals surface area contributed by atoms with Crippen LogP contribution in [0.3, 0.4) is 0 Å². The number of benzene rings is 2. The summed E-state index contributed by atoms with van der Waals surface area (Å²) in [5.41, 5.74) is 4.27. The van der Waals surface area contributed by atoms with Gasteiger partial charge in [0.25, 0.3) is 5.69 Å². The average molecular weight is 508 g/mol. The van der Waals surface area contributed by atoms with Gasteiger partial charge in [0.15, 0.2) is 0 Å². The molecule has 0 fully saturated rings. The third kappa shape index (κ3) is 6.96. The maximum absolute atomic E-state index is 13.8. The van der Waals surface area contributed by atoms with Gasteiger partial charge >= 0.3 is 0 Å². The fraction of sp³-hybridized carbons (Fsp3) is 0.533. The van der Waals surface area contributed by atoms with E-state index in [1.165, 1.54) is 6.42 Å². The fourth-order valence-corrected chi connectivity index (χ4v) is 5.08. The first-order chi connectivity index (χ1) is 17.6. The van der Waals surface area contributed by atoms with Crippen LogP contribution in [0.1, 0.15) is 107 Å². The molecule has 1 heterocycles. The summed E-state index contributed by atoms with van der Waals surface area (Å²) >= 11 is 0. The monoisotopic (exact) mass is 507 g/mol. The molecule has 2 amide bonds. The maximum Gasteiger partial charge on any atom is 0.270 e. The Hall–Kier alpha value is -3.22. The maximum atomic E-state index is 13.8. The van der Waals surface area contributed by atoms with Gasteiger partial charge < -0.3 is 10.2 Å². The van der Waals surface area contributed by atoms with Crippen LogP contribution in [-0.2, 0) is 22.6 Å². The zero-order valence-corrected chi connectivity index (χ0v) is 22.9. The molecule has 0 saturated carbocycles. The van der Waals surface area contributed by atoms with Crippen LogP contribution in [0.2, 0.25) is 0 Å². The third-order valence-corrected chi connectivity index (χ3v) is 7.25. The lowest BCUT2D eigenvalue weighted by Gasteiger charge is -2.36. The van der Waals surface area contributed by atoms with E-state index in [1.807, 2.05) is 52.0 Å². The summed E-state index contributed by atoms with van der Waals surface area (Å²) in [5.74, 6) is -0.296. The lowest BCUT2D eigenvalue weighted by molar-refractivity contribution is -0.385. The van der Waals surface area contributed by atoms with E-state index in [4.69, 9.17) is 0 Å². The summed E-state index contributed by atoms with van der Waals surface area (Å²) in [7, 11) is 0. The number of nitrogens with one attached hydrogen (secondary N) is 1. The van der Waals surface area contributed by atoms with E-state index in [0.717, 1.165) is 47.9 Å². The Labute approximate surface area is 220 Å². The lowest BCUT2D eigenvalue weighted by atomic mass is 9.90. The van der Waals surface area contributed by atoms with Crippen LogP contribution < -0.4 is 5.32 Å². The van der Waals surface area contributed by atoms with Gasteiger partial charge in [-0.3, -0.25) is 19.7 Å². The predicted octanol–water partition coefficient (Wildman–Crippen LogP) is 7.09. The molecule has 3 rings (SSSR count). The highest BCUT2D eigenvalue weighted by atomic mass is 16.6. The molecule has 0 unspecified atom stereocenters. The molecule has 0 bridgehead atoms. The number of hydrogen-bond acceptors (Lipinski definition) is 4. The highest BCUT2D eigenvalue weighted by Gasteiger charge is 2.35. The second kappa shape index (κ2) is 12.8. The van der Waals surface area contributed by atoms with E-state index in [-0.39, 0.29) is 34.3 Å². The number of nitro groups is 1. The first-order valence-corrected chi connectivity index (χ1v) is 13.6. The van der Waals surface area contributed by atoms with Crippen LogP contribution in [-0.4, -0.2) is 27.7 Å². The quantitative estimate of drug-likeness (QED) is 0.199. The van der Waals surface area contributed by atoms with E-state index < -0.39 is 6.04 Å². The number of unbranched alkanes of at least 4 members (excludes halogenated alkanes) is 4. The number of hydrogen-bond donors (Lipinski definition) is 1. The predicted molar refractivity (Wildman–Crippen MR) is 148 cm³/mol. The summed E-state index contributed by atoms with van der Waals surface area (Å²) in [5, 5.41) is 14.7. The van der Waals surface area contributed by atoms with Crippen molar-refractivity contribution in [3.05, 3.63) is 68.8 Å². The number of amides is 2. The minimum atomic E-state index is -0.631. The SMILES string of the molecule is CCCCCCCC(=O)N1Cc2ccccc2C[C@H]1C(=O)Nc1c(C(C)C)cc([N+](=O)[O-])cc1C(C)C. The van der Waals surface area contributed by atoms with Gasteiger partial charge in [-0.25, -0.2) is 0 Å². The van der Waals surface area contributed by atoms with E-state index in [9.17, 15) is 19.7 Å². The van der Waals surface area contributed by atoms with E-state index in [2.05, 4.69) is 12.2 Å². The molecule has 37 heavy (non-hydrogen) atoms. The summed E-state index contributed by atoms with van der Waals surface area (Å²) < 4.78 is 0. The van der Waals surface area contributed by atoms with Crippen molar-refractivity contribution < 1.29 is 14.5 Å². The van der Waals surface area contributed by atoms with E-state index in [0.29, 0.717) is 25.1 Å². The number of fused-ring (bicyclic) bond motifs is 1. The summed E-state index contributed by atoms with van der Waals surface area (Å²) in [6, 6.07) is 10.5. The first kappa shape index (κ1) is 28.4. The van der Waals surface area contributed by atoms with Crippen LogP contribution in [0.5, 0.6) is 0 Å². The van der Waals surface area contributed by atoms with Crippen LogP contribution >= 0.6 is 0 Å². The van der Waals surface area contributed by atoms with Gasteiger partial charge in [-0.2, -0.15) is 0 Å². The first-order valence-electron chi connectivity index (χ1n) is 13.6. The Morgan fingerprint density at radius 3 is 2.16 bits per heavy atom. The molecule has 1 N–H and O–H groups in total. The molecule has 7 nitrogen and oxygen atoms in total. The molecular formula is C30H41N3O4. The molecule has 0 aromatic heterocycles. The molecule has 0 spiro atoms. The van der Waals surface area contributed by atoms with Crippen LogP contribution in [0, 0.1) is 10.1 Å². The smallest absolute Gasteiger partial charge is 0.270 e. The Morgan fingerprint density at radius 1 is 1.00 bits per heavy atom. The summed E-state index contributed by atoms with van der Waals surface area (Å²) in [6.45, 7) is 10.4. The highest BCUT2D eigenvalue weighted by Crippen LogP contribution is 2.37. The number of nitrogens with zero attached hydrogens (tertiary/aromatic N) is 2. The molecule has 2 aromatic rings. The number of non-ortho nitro benzene ring substituents is 1. The Kier molecular flexibility index (Phi) is 9.84. The van der Waals surface area contributed by atoms with Crippen molar-refractivity contribution in [3.63, 3.8) is 0 Å². The molecule has 1 aliphatic heterocycles. The van der Waals surface area contributed by atoms with Gasteiger partial charge in [-0.1, -0.05) is 84.6 Å². The Balaban J connectivity index is 1.92. The van der Waals surface area contributed by atoms with Crippen LogP contribution in [0.4, 0.5) is 11.4 Å². The number of anilines is 1. The normalized spacial score (nSPS) is 15.1. The van der Waals surface area contributed by atoms with Crippen molar-refractivity contribution in [1.82, 2.24) is 4.90 Å². The van der Waals surface area contributed by atoms with E-state index >= 15 is 0 Å². The van der Waals surface area contributed by atoms with Crippen molar-refractivity contribution in [2.24, 2.45) is 0 Å². The summed E-state index contributed by atoms with van der Waals surface area (Å²) in [4.78, 5) is 40.1. The third-order valence-electron chi connectivity index (χ3n) is 7.25. The van der Waals surface area contributed by atoms with Crippen LogP contribution in [0.15, 0.2) is 36.4 Å². The van der Waals surface area contributed by atoms with Crippen LogP contribution in [0.25, 0.3) is 0 Å². The van der Waals surface area contributed by atoms with Crippen molar-refractivity contribution in [2.45, 2.75) is 104 Å². The summed E-state index contributed by atoms with van der Waals surface area (Å²) in [6.07, 6.45) is 6.15. The Bertz CT molecular complexity index is 1100. The zero-order valence-electron chi connectivity index (χ0n) is 22.9. The largest absolute Gasteiger partial charge is 0.326 e. The topological polar surface area (TPSA) is 92.6 Å². The fourth-order valence-electron chi connectivity index (χ4n) is 5.08. The number of rotatable bonds is 11. The molecule has 0 aliphatic carbocycles. The lowest BCUT2D eigenvalue weighted by Crippen LogP contribution is -2.50. The molecule has 7 heteroatoms. The molecule has 2 aromatic carbocycles. The molecule has 0 saturated heterocycles. The minimum absolute atomic E-state index is 0.00279. The molecular weight excluding hydrogens is 466 g/mol. The number of nitro benzene ring substituents is 1. The molecule has 1 aliphatic rings. The molecule has 0 radical (unpaired) electrons. The second-order valence-corrected chi connectivity index (χ2v) is 10.7. The van der Waals surface area contributed by atoms with Gasteiger partial charge in [-0.15, -0.1) is 0 Å².